The number of hydrogen-bond acceptors (Lipinski definition) is 1. The number of nitrogens with one attached hydrogen (secondary N) is 1. The van der Waals surface area contributed by atoms with Gasteiger partial charge in [-0.05, 0) is 0 Å². The predicted molar refractivity (Wildman–Crippen MR) is 24.8 cm³/mol. The highest BCUT2D eigenvalue weighted by molar-refractivity contribution is 4.64. The Labute approximate surface area is 42.1 Å². The summed E-state index contributed by atoms with van der Waals surface area (Å²) in [6, 6.07) is 0. The van der Waals surface area contributed by atoms with E-state index in [1.807, 2.05) is 0 Å². The Kier molecular flexibility index (Phi) is 1.59. The van der Waals surface area contributed by atoms with Crippen molar-refractivity contribution >= 4 is 0 Å². The van der Waals surface area contributed by atoms with Gasteiger partial charge in [-0.2, -0.15) is 0 Å². The second kappa shape index (κ2) is 2.23. The van der Waals surface area contributed by atoms with E-state index in [-0.39, 0.29) is 0 Å². The van der Waals surface area contributed by atoms with Crippen LogP contribution in [0, 0.1) is 0 Å². The average Bonchev–Trinajstić information content (AvgIpc) is 1.69. The van der Waals surface area contributed by atoms with E-state index in [4.69, 9.17) is 0 Å². The number of alkyl halides is 1. The molecule has 0 aliphatic carbocycles. The first-order valence-corrected chi connectivity index (χ1v) is 2.41. The molecule has 1 unspecified atom stereocenters. The van der Waals surface area contributed by atoms with E-state index in [9.17, 15) is 4.39 Å². The van der Waals surface area contributed by atoms with Crippen LogP contribution in [0.3, 0.4) is 0 Å². The maximum atomic E-state index is 12.0. The molecule has 1 atom stereocenters. The number of hydrogen-bond donors (Lipinski definition) is 1. The van der Waals surface area contributed by atoms with Crippen LogP contribution in [0.25, 0.3) is 0 Å². The Hall–Kier alpha value is -0.150. The summed E-state index contributed by atoms with van der Waals surface area (Å²) in [4.78, 5) is 0. The van der Waals surface area contributed by atoms with Crippen molar-refractivity contribution in [2.24, 2.45) is 0 Å². The normalized spacial score (nSPS) is 33.0. The van der Waals surface area contributed by atoms with E-state index in [1.165, 1.54) is 0 Å². The van der Waals surface area contributed by atoms with Crippen molar-refractivity contribution in [1.29, 1.82) is 0 Å². The van der Waals surface area contributed by atoms with Crippen LogP contribution in [0.15, 0.2) is 0 Å². The van der Waals surface area contributed by atoms with Gasteiger partial charge in [0.2, 0.25) is 0 Å². The first kappa shape index (κ1) is 5.00. The fourth-order valence-electron chi connectivity index (χ4n) is 0.569. The monoisotopic (exact) mass is 103 g/mol. The second-order valence-electron chi connectivity index (χ2n) is 1.54. The molecule has 1 saturated heterocycles. The minimum absolute atomic E-state index is 0.403. The largest absolute Gasteiger partial charge is 0.311 e. The summed E-state index contributed by atoms with van der Waals surface area (Å²) in [5.74, 6) is 0. The lowest BCUT2D eigenvalue weighted by atomic mass is 10.4. The zero-order chi connectivity index (χ0) is 5.11. The van der Waals surface area contributed by atoms with Crippen molar-refractivity contribution < 1.29 is 4.39 Å². The van der Waals surface area contributed by atoms with E-state index in [0.29, 0.717) is 13.1 Å². The van der Waals surface area contributed by atoms with Crippen molar-refractivity contribution in [3.8, 4) is 0 Å². The number of nitrogens with zero attached hydrogens (tertiary/aromatic N) is 1. The quantitative estimate of drug-likeness (QED) is 0.410. The molecule has 0 bridgehead atoms. The molecule has 3 heteroatoms. The summed E-state index contributed by atoms with van der Waals surface area (Å²) in [5, 5.41) is 6.47. The summed E-state index contributed by atoms with van der Waals surface area (Å²) in [6.45, 7) is 1.86. The standard InChI is InChI=1S/C4H8FN2/c5-4-3-6-1-2-7-4/h4,6H,1-3H2. The smallest absolute Gasteiger partial charge is 0.178 e. The Morgan fingerprint density at radius 1 is 1.71 bits per heavy atom. The molecule has 0 aromatic heterocycles. The van der Waals surface area contributed by atoms with Crippen molar-refractivity contribution in [3.05, 3.63) is 0 Å². The van der Waals surface area contributed by atoms with Crippen LogP contribution in [0.2, 0.25) is 0 Å². The van der Waals surface area contributed by atoms with Gasteiger partial charge in [0.15, 0.2) is 6.30 Å². The predicted octanol–water partition coefficient (Wildman–Crippen LogP) is -0.510. The zero-order valence-corrected chi connectivity index (χ0v) is 4.02. The first-order valence-electron chi connectivity index (χ1n) is 2.41. The molecule has 2 nitrogen and oxygen atoms in total. The highest BCUT2D eigenvalue weighted by Crippen LogP contribution is 1.87. The van der Waals surface area contributed by atoms with Crippen molar-refractivity contribution in [2.75, 3.05) is 19.6 Å². The third kappa shape index (κ3) is 1.41. The maximum absolute atomic E-state index is 12.0. The Morgan fingerprint density at radius 2 is 2.57 bits per heavy atom. The van der Waals surface area contributed by atoms with Crippen LogP contribution in [-0.2, 0) is 0 Å². The van der Waals surface area contributed by atoms with Crippen LogP contribution in [0.5, 0.6) is 0 Å². The van der Waals surface area contributed by atoms with Crippen LogP contribution in [-0.4, -0.2) is 25.9 Å². The Bertz CT molecular complexity index is 51.7. The first-order chi connectivity index (χ1) is 3.39. The third-order valence-electron chi connectivity index (χ3n) is 0.929. The molecule has 0 aromatic carbocycles. The van der Waals surface area contributed by atoms with Gasteiger partial charge < -0.3 is 5.32 Å². The van der Waals surface area contributed by atoms with Gasteiger partial charge >= 0.3 is 0 Å². The third-order valence-corrected chi connectivity index (χ3v) is 0.929. The van der Waals surface area contributed by atoms with Gasteiger partial charge in [-0.1, -0.05) is 0 Å². The molecule has 1 N–H and O–H groups in total. The lowest BCUT2D eigenvalue weighted by Crippen LogP contribution is -2.41. The van der Waals surface area contributed by atoms with E-state index in [2.05, 4.69) is 10.6 Å². The second-order valence-corrected chi connectivity index (χ2v) is 1.54. The molecule has 0 spiro atoms. The molecule has 7 heavy (non-hydrogen) atoms. The molecule has 0 amide bonds. The molecule has 0 aromatic rings. The molecule has 1 rings (SSSR count). The van der Waals surface area contributed by atoms with E-state index < -0.39 is 6.30 Å². The summed E-state index contributed by atoms with van der Waals surface area (Å²) in [6.07, 6.45) is -0.950. The maximum Gasteiger partial charge on any atom is 0.178 e. The van der Waals surface area contributed by atoms with Gasteiger partial charge in [-0.15, -0.1) is 0 Å². The van der Waals surface area contributed by atoms with E-state index in [0.717, 1.165) is 6.54 Å². The molecule has 1 aliphatic heterocycles. The number of rotatable bonds is 0. The molecule has 1 radical (unpaired) electrons. The molecular formula is C4H8FN2. The summed E-state index contributed by atoms with van der Waals surface area (Å²) in [7, 11) is 0. The zero-order valence-electron chi connectivity index (χ0n) is 4.02. The lowest BCUT2D eigenvalue weighted by molar-refractivity contribution is 0.232. The molecular weight excluding hydrogens is 95.1 g/mol. The Balaban J connectivity index is 2.12. The van der Waals surface area contributed by atoms with Crippen molar-refractivity contribution in [2.45, 2.75) is 6.30 Å². The molecule has 41 valence electrons. The van der Waals surface area contributed by atoms with Crippen molar-refractivity contribution in [1.82, 2.24) is 10.6 Å². The summed E-state index contributed by atoms with van der Waals surface area (Å²) >= 11 is 0. The average molecular weight is 103 g/mol. The molecule has 0 saturated carbocycles. The molecule has 1 aliphatic rings. The minimum Gasteiger partial charge on any atom is -0.311 e. The SMILES string of the molecule is FC1CNCC[N]1. The summed E-state index contributed by atoms with van der Waals surface area (Å²) in [5.41, 5.74) is 0. The van der Waals surface area contributed by atoms with Crippen LogP contribution in [0.4, 0.5) is 4.39 Å². The van der Waals surface area contributed by atoms with Gasteiger partial charge in [0.05, 0.1) is 0 Å². The Morgan fingerprint density at radius 3 is 2.86 bits per heavy atom. The van der Waals surface area contributed by atoms with Crippen LogP contribution in [0.1, 0.15) is 0 Å². The topological polar surface area (TPSA) is 26.1 Å². The van der Waals surface area contributed by atoms with Crippen LogP contribution < -0.4 is 10.6 Å². The van der Waals surface area contributed by atoms with E-state index >= 15 is 0 Å². The highest BCUT2D eigenvalue weighted by atomic mass is 19.1. The lowest BCUT2D eigenvalue weighted by Gasteiger charge is -2.14. The van der Waals surface area contributed by atoms with Gasteiger partial charge in [0, 0.05) is 19.6 Å². The minimum atomic E-state index is -0.950. The van der Waals surface area contributed by atoms with Gasteiger partial charge in [-0.25, -0.2) is 9.71 Å². The highest BCUT2D eigenvalue weighted by Gasteiger charge is 2.09. The molecule has 1 heterocycles. The van der Waals surface area contributed by atoms with Gasteiger partial charge in [-0.3, -0.25) is 0 Å². The fourth-order valence-corrected chi connectivity index (χ4v) is 0.569. The number of halogens is 1. The van der Waals surface area contributed by atoms with Gasteiger partial charge in [0.25, 0.3) is 0 Å². The summed E-state index contributed by atoms with van der Waals surface area (Å²) < 4.78 is 12.0. The van der Waals surface area contributed by atoms with Crippen molar-refractivity contribution in [3.63, 3.8) is 0 Å². The molecule has 1 fully saturated rings. The van der Waals surface area contributed by atoms with E-state index in [1.54, 1.807) is 0 Å². The number of piperazine rings is 1. The fraction of sp³-hybridized carbons (Fsp3) is 1.00. The van der Waals surface area contributed by atoms with Crippen LogP contribution >= 0.6 is 0 Å². The van der Waals surface area contributed by atoms with Gasteiger partial charge in [0.1, 0.15) is 0 Å².